The molecule has 0 saturated heterocycles. The Morgan fingerprint density at radius 1 is 1.67 bits per heavy atom. The molecule has 0 fully saturated rings. The van der Waals surface area contributed by atoms with Gasteiger partial charge in [0, 0.05) is 6.20 Å². The van der Waals surface area contributed by atoms with Crippen LogP contribution in [-0.4, -0.2) is 16.1 Å². The van der Waals surface area contributed by atoms with E-state index in [0.29, 0.717) is 11.3 Å². The molecule has 0 spiro atoms. The van der Waals surface area contributed by atoms with Crippen LogP contribution in [0.4, 0.5) is 5.69 Å². The van der Waals surface area contributed by atoms with Gasteiger partial charge in [-0.15, -0.1) is 0 Å². The zero-order valence-electron chi connectivity index (χ0n) is 6.74. The van der Waals surface area contributed by atoms with Gasteiger partial charge < -0.3 is 10.8 Å². The molecule has 0 aromatic carbocycles. The molecule has 64 valence electrons. The summed E-state index contributed by atoms with van der Waals surface area (Å²) in [4.78, 5) is 14.2. The second kappa shape index (κ2) is 3.21. The zero-order valence-corrected chi connectivity index (χ0v) is 6.74. The van der Waals surface area contributed by atoms with Crippen LogP contribution in [0.1, 0.15) is 11.1 Å². The van der Waals surface area contributed by atoms with Gasteiger partial charge in [-0.1, -0.05) is 0 Å². The highest BCUT2D eigenvalue weighted by molar-refractivity contribution is 5.71. The van der Waals surface area contributed by atoms with E-state index in [-0.39, 0.29) is 6.42 Å². The molecule has 4 nitrogen and oxygen atoms in total. The molecular formula is C8H10N2O2. The Balaban J connectivity index is 3.00. The lowest BCUT2D eigenvalue weighted by molar-refractivity contribution is -0.136. The summed E-state index contributed by atoms with van der Waals surface area (Å²) in [7, 11) is 0. The highest BCUT2D eigenvalue weighted by Crippen LogP contribution is 2.13. The Bertz CT molecular complexity index is 310. The van der Waals surface area contributed by atoms with Crippen molar-refractivity contribution in [2.45, 2.75) is 13.3 Å². The number of pyridine rings is 1. The first-order chi connectivity index (χ1) is 5.61. The topological polar surface area (TPSA) is 76.2 Å². The number of aromatic nitrogens is 1. The summed E-state index contributed by atoms with van der Waals surface area (Å²) in [6.07, 6.45) is 3.02. The van der Waals surface area contributed by atoms with Crippen molar-refractivity contribution >= 4 is 11.7 Å². The first-order valence-corrected chi connectivity index (χ1v) is 3.52. The van der Waals surface area contributed by atoms with Gasteiger partial charge in [-0.2, -0.15) is 0 Å². The van der Waals surface area contributed by atoms with Gasteiger partial charge in [0.25, 0.3) is 0 Å². The lowest BCUT2D eigenvalue weighted by atomic mass is 10.1. The van der Waals surface area contributed by atoms with Crippen molar-refractivity contribution < 1.29 is 9.90 Å². The number of hydrogen-bond donors (Lipinski definition) is 2. The lowest BCUT2D eigenvalue weighted by Crippen LogP contribution is -2.04. The molecule has 0 atom stereocenters. The molecule has 0 aliphatic rings. The van der Waals surface area contributed by atoms with Crippen LogP contribution in [-0.2, 0) is 11.2 Å². The fourth-order valence-electron chi connectivity index (χ4n) is 0.928. The Kier molecular flexibility index (Phi) is 2.28. The first-order valence-electron chi connectivity index (χ1n) is 3.52. The molecule has 0 radical (unpaired) electrons. The fourth-order valence-corrected chi connectivity index (χ4v) is 0.928. The number of carboxylic acids is 1. The molecule has 12 heavy (non-hydrogen) atoms. The van der Waals surface area contributed by atoms with Crippen LogP contribution >= 0.6 is 0 Å². The van der Waals surface area contributed by atoms with Gasteiger partial charge in [0.2, 0.25) is 0 Å². The maximum atomic E-state index is 10.4. The number of anilines is 1. The maximum absolute atomic E-state index is 10.4. The monoisotopic (exact) mass is 166 g/mol. The number of hydrogen-bond acceptors (Lipinski definition) is 3. The smallest absolute Gasteiger partial charge is 0.307 e. The van der Waals surface area contributed by atoms with E-state index < -0.39 is 5.97 Å². The lowest BCUT2D eigenvalue weighted by Gasteiger charge is -2.03. The molecule has 1 heterocycles. The van der Waals surface area contributed by atoms with E-state index in [0.717, 1.165) is 5.56 Å². The van der Waals surface area contributed by atoms with Crippen LogP contribution in [0.25, 0.3) is 0 Å². The third-order valence-corrected chi connectivity index (χ3v) is 1.70. The summed E-state index contributed by atoms with van der Waals surface area (Å²) in [6, 6.07) is 0. The Morgan fingerprint density at radius 2 is 2.33 bits per heavy atom. The Hall–Kier alpha value is -1.58. The first kappa shape index (κ1) is 8.52. The van der Waals surface area contributed by atoms with Crippen LogP contribution in [0, 0.1) is 6.92 Å². The molecule has 1 rings (SSSR count). The molecule has 0 unspecified atom stereocenters. The average Bonchev–Trinajstić information content (AvgIpc) is 1.98. The quantitative estimate of drug-likeness (QED) is 0.674. The van der Waals surface area contributed by atoms with Gasteiger partial charge in [-0.3, -0.25) is 9.78 Å². The average molecular weight is 166 g/mol. The molecule has 4 heteroatoms. The van der Waals surface area contributed by atoms with E-state index in [9.17, 15) is 4.79 Å². The van der Waals surface area contributed by atoms with Crippen LogP contribution < -0.4 is 5.73 Å². The molecule has 0 bridgehead atoms. The van der Waals surface area contributed by atoms with Crippen molar-refractivity contribution in [2.24, 2.45) is 0 Å². The number of aliphatic carboxylic acids is 1. The maximum Gasteiger partial charge on any atom is 0.307 e. The minimum Gasteiger partial charge on any atom is -0.481 e. The van der Waals surface area contributed by atoms with E-state index in [2.05, 4.69) is 4.98 Å². The van der Waals surface area contributed by atoms with Gasteiger partial charge in [-0.25, -0.2) is 0 Å². The molecule has 0 aliphatic carbocycles. The molecule has 0 saturated carbocycles. The number of carbonyl (C=O) groups is 1. The number of carboxylic acid groups (broad SMARTS) is 1. The summed E-state index contributed by atoms with van der Waals surface area (Å²) < 4.78 is 0. The fraction of sp³-hybridized carbons (Fsp3) is 0.250. The van der Waals surface area contributed by atoms with Crippen molar-refractivity contribution in [1.29, 1.82) is 0 Å². The van der Waals surface area contributed by atoms with Gasteiger partial charge >= 0.3 is 5.97 Å². The van der Waals surface area contributed by atoms with E-state index in [4.69, 9.17) is 10.8 Å². The van der Waals surface area contributed by atoms with Crippen molar-refractivity contribution in [3.05, 3.63) is 23.5 Å². The summed E-state index contributed by atoms with van der Waals surface area (Å²) in [5.74, 6) is -0.870. The summed E-state index contributed by atoms with van der Waals surface area (Å²) in [5.41, 5.74) is 7.54. The summed E-state index contributed by atoms with van der Waals surface area (Å²) in [5, 5.41) is 8.51. The number of nitrogens with two attached hydrogens (primary N) is 1. The number of nitrogens with zero attached hydrogens (tertiary/aromatic N) is 1. The van der Waals surface area contributed by atoms with Crippen molar-refractivity contribution in [3.63, 3.8) is 0 Å². The predicted molar refractivity (Wildman–Crippen MR) is 44.7 cm³/mol. The second-order valence-electron chi connectivity index (χ2n) is 2.58. The summed E-state index contributed by atoms with van der Waals surface area (Å²) >= 11 is 0. The third-order valence-electron chi connectivity index (χ3n) is 1.70. The van der Waals surface area contributed by atoms with E-state index in [1.54, 1.807) is 6.92 Å². The summed E-state index contributed by atoms with van der Waals surface area (Å²) in [6.45, 7) is 1.79. The van der Waals surface area contributed by atoms with Crippen LogP contribution in [0.15, 0.2) is 12.4 Å². The third kappa shape index (κ3) is 1.72. The van der Waals surface area contributed by atoms with Gasteiger partial charge in [-0.05, 0) is 18.1 Å². The molecule has 1 aromatic rings. The van der Waals surface area contributed by atoms with Crippen molar-refractivity contribution in [2.75, 3.05) is 5.73 Å². The normalized spacial score (nSPS) is 9.75. The Morgan fingerprint density at radius 3 is 2.92 bits per heavy atom. The largest absolute Gasteiger partial charge is 0.481 e. The minimum atomic E-state index is -0.870. The van der Waals surface area contributed by atoms with Crippen LogP contribution in [0.3, 0.4) is 0 Å². The van der Waals surface area contributed by atoms with E-state index in [1.807, 2.05) is 0 Å². The highest BCUT2D eigenvalue weighted by atomic mass is 16.4. The molecule has 3 N–H and O–H groups in total. The van der Waals surface area contributed by atoms with Crippen LogP contribution in [0.2, 0.25) is 0 Å². The van der Waals surface area contributed by atoms with E-state index >= 15 is 0 Å². The zero-order chi connectivity index (χ0) is 9.14. The van der Waals surface area contributed by atoms with Gasteiger partial charge in [0.15, 0.2) is 0 Å². The molecule has 0 amide bonds. The van der Waals surface area contributed by atoms with Crippen molar-refractivity contribution in [3.8, 4) is 0 Å². The SMILES string of the molecule is Cc1c(N)cncc1CC(=O)O. The molecular weight excluding hydrogens is 156 g/mol. The number of rotatable bonds is 2. The molecule has 0 aliphatic heterocycles. The second-order valence-corrected chi connectivity index (χ2v) is 2.58. The van der Waals surface area contributed by atoms with Gasteiger partial charge in [0.05, 0.1) is 18.3 Å². The standard InChI is InChI=1S/C8H10N2O2/c1-5-6(2-8(11)12)3-10-4-7(5)9/h3-4H,2,9H2,1H3,(H,11,12). The van der Waals surface area contributed by atoms with Crippen molar-refractivity contribution in [1.82, 2.24) is 4.98 Å². The van der Waals surface area contributed by atoms with Gasteiger partial charge in [0.1, 0.15) is 0 Å². The Labute approximate surface area is 70.0 Å². The minimum absolute atomic E-state index is 0.0239. The van der Waals surface area contributed by atoms with Crippen LogP contribution in [0.5, 0.6) is 0 Å². The molecule has 1 aromatic heterocycles. The predicted octanol–water partition coefficient (Wildman–Crippen LogP) is 0.599. The van der Waals surface area contributed by atoms with E-state index in [1.165, 1.54) is 12.4 Å². The highest BCUT2D eigenvalue weighted by Gasteiger charge is 2.05. The number of nitrogen functional groups attached to an aromatic ring is 1.